The smallest absolute Gasteiger partial charge is 0.339 e. The molecular formula is C23H19ClF2N2O5S. The Morgan fingerprint density at radius 3 is 2.12 bits per heavy atom. The van der Waals surface area contributed by atoms with Crippen molar-refractivity contribution in [1.29, 1.82) is 0 Å². The molecule has 1 amide bonds. The van der Waals surface area contributed by atoms with Crippen LogP contribution in [-0.2, 0) is 19.6 Å². The summed E-state index contributed by atoms with van der Waals surface area (Å²) in [5.74, 6) is -2.59. The van der Waals surface area contributed by atoms with Crippen molar-refractivity contribution in [3.05, 3.63) is 89.0 Å². The summed E-state index contributed by atoms with van der Waals surface area (Å²) in [6.07, 6.45) is 0. The van der Waals surface area contributed by atoms with Gasteiger partial charge in [-0.1, -0.05) is 11.6 Å². The van der Waals surface area contributed by atoms with Gasteiger partial charge in [0.1, 0.15) is 18.2 Å². The SMILES string of the molecule is CCOC(=O)c1ccc(NC(=O)CN(c2ccc(F)cc2)S(=O)(=O)c2ccc(F)cc2)cc1Cl. The second kappa shape index (κ2) is 10.6. The molecule has 0 aliphatic rings. The van der Waals surface area contributed by atoms with E-state index in [-0.39, 0.29) is 33.5 Å². The maximum atomic E-state index is 13.4. The van der Waals surface area contributed by atoms with E-state index >= 15 is 0 Å². The summed E-state index contributed by atoms with van der Waals surface area (Å²) in [7, 11) is -4.31. The highest BCUT2D eigenvalue weighted by molar-refractivity contribution is 7.92. The predicted molar refractivity (Wildman–Crippen MR) is 123 cm³/mol. The van der Waals surface area contributed by atoms with Gasteiger partial charge in [-0.25, -0.2) is 22.0 Å². The molecule has 7 nitrogen and oxygen atoms in total. The van der Waals surface area contributed by atoms with Gasteiger partial charge in [0, 0.05) is 5.69 Å². The Morgan fingerprint density at radius 2 is 1.56 bits per heavy atom. The van der Waals surface area contributed by atoms with Crippen LogP contribution in [0.4, 0.5) is 20.2 Å². The summed E-state index contributed by atoms with van der Waals surface area (Å²) in [6.45, 7) is 1.13. The molecule has 34 heavy (non-hydrogen) atoms. The third-order valence-corrected chi connectivity index (χ3v) is 6.65. The molecule has 0 atom stereocenters. The van der Waals surface area contributed by atoms with Crippen LogP contribution in [0.5, 0.6) is 0 Å². The number of anilines is 2. The Bertz CT molecular complexity index is 1300. The van der Waals surface area contributed by atoms with Gasteiger partial charge in [-0.2, -0.15) is 0 Å². The van der Waals surface area contributed by atoms with E-state index in [4.69, 9.17) is 16.3 Å². The molecule has 3 aromatic carbocycles. The van der Waals surface area contributed by atoms with Crippen molar-refractivity contribution in [1.82, 2.24) is 0 Å². The van der Waals surface area contributed by atoms with Crippen molar-refractivity contribution in [2.75, 3.05) is 22.8 Å². The molecule has 0 unspecified atom stereocenters. The lowest BCUT2D eigenvalue weighted by Gasteiger charge is -2.24. The van der Waals surface area contributed by atoms with Crippen molar-refractivity contribution < 1.29 is 31.5 Å². The van der Waals surface area contributed by atoms with Crippen molar-refractivity contribution in [2.24, 2.45) is 0 Å². The van der Waals surface area contributed by atoms with Crippen LogP contribution in [0.3, 0.4) is 0 Å². The molecule has 0 heterocycles. The summed E-state index contributed by atoms with van der Waals surface area (Å²) in [4.78, 5) is 24.4. The summed E-state index contributed by atoms with van der Waals surface area (Å²) >= 11 is 6.10. The second-order valence-corrected chi connectivity index (χ2v) is 9.17. The minimum Gasteiger partial charge on any atom is -0.462 e. The quantitative estimate of drug-likeness (QED) is 0.448. The van der Waals surface area contributed by atoms with E-state index in [1.54, 1.807) is 6.92 Å². The van der Waals surface area contributed by atoms with Gasteiger partial charge >= 0.3 is 5.97 Å². The molecule has 0 saturated carbocycles. The second-order valence-electron chi connectivity index (χ2n) is 6.91. The number of carbonyl (C=O) groups excluding carboxylic acids is 2. The first-order valence-electron chi connectivity index (χ1n) is 9.92. The average molecular weight is 509 g/mol. The summed E-state index contributed by atoms with van der Waals surface area (Å²) < 4.78 is 58.8. The molecule has 178 valence electrons. The lowest BCUT2D eigenvalue weighted by atomic mass is 10.2. The first-order valence-corrected chi connectivity index (χ1v) is 11.7. The molecule has 0 aliphatic heterocycles. The van der Waals surface area contributed by atoms with Crippen LogP contribution >= 0.6 is 11.6 Å². The Labute approximate surface area is 200 Å². The zero-order valence-electron chi connectivity index (χ0n) is 17.8. The molecule has 0 aromatic heterocycles. The van der Waals surface area contributed by atoms with Crippen molar-refractivity contribution >= 4 is 44.9 Å². The highest BCUT2D eigenvalue weighted by atomic mass is 35.5. The Morgan fingerprint density at radius 1 is 0.971 bits per heavy atom. The van der Waals surface area contributed by atoms with Gasteiger partial charge < -0.3 is 10.1 Å². The van der Waals surface area contributed by atoms with Crippen molar-refractivity contribution in [3.8, 4) is 0 Å². The number of hydrogen-bond donors (Lipinski definition) is 1. The average Bonchev–Trinajstić information content (AvgIpc) is 2.78. The molecule has 11 heteroatoms. The van der Waals surface area contributed by atoms with Crippen LogP contribution in [0, 0.1) is 11.6 Å². The molecule has 0 spiro atoms. The number of benzene rings is 3. The summed E-state index contributed by atoms with van der Waals surface area (Å²) in [5, 5.41) is 2.54. The number of ether oxygens (including phenoxy) is 1. The third kappa shape index (κ3) is 5.89. The van der Waals surface area contributed by atoms with Crippen LogP contribution in [0.2, 0.25) is 5.02 Å². The molecule has 3 rings (SSSR count). The Balaban J connectivity index is 1.87. The monoisotopic (exact) mass is 508 g/mol. The van der Waals surface area contributed by atoms with Crippen LogP contribution < -0.4 is 9.62 Å². The lowest BCUT2D eigenvalue weighted by molar-refractivity contribution is -0.114. The van der Waals surface area contributed by atoms with Crippen molar-refractivity contribution in [3.63, 3.8) is 0 Å². The first kappa shape index (κ1) is 25.1. The molecule has 0 bridgehead atoms. The van der Waals surface area contributed by atoms with Crippen LogP contribution in [0.25, 0.3) is 0 Å². The number of sulfonamides is 1. The van der Waals surface area contributed by atoms with Gasteiger partial charge in [0.15, 0.2) is 0 Å². The van der Waals surface area contributed by atoms with E-state index in [2.05, 4.69) is 5.32 Å². The number of halogens is 3. The van der Waals surface area contributed by atoms with E-state index in [1.807, 2.05) is 0 Å². The largest absolute Gasteiger partial charge is 0.462 e. The normalized spacial score (nSPS) is 11.1. The number of hydrogen-bond acceptors (Lipinski definition) is 5. The predicted octanol–water partition coefficient (Wildman–Crippen LogP) is 4.63. The van der Waals surface area contributed by atoms with E-state index in [9.17, 15) is 26.8 Å². The van der Waals surface area contributed by atoms with Gasteiger partial charge in [-0.05, 0) is 73.7 Å². The van der Waals surface area contributed by atoms with E-state index in [0.29, 0.717) is 0 Å². The maximum absolute atomic E-state index is 13.4. The fraction of sp³-hybridized carbons (Fsp3) is 0.130. The number of carbonyl (C=O) groups is 2. The molecule has 0 saturated heterocycles. The van der Waals surface area contributed by atoms with Gasteiger partial charge in [0.2, 0.25) is 5.91 Å². The van der Waals surface area contributed by atoms with Gasteiger partial charge in [0.05, 0.1) is 27.8 Å². The summed E-state index contributed by atoms with van der Waals surface area (Å²) in [6, 6.07) is 12.7. The number of rotatable bonds is 8. The van der Waals surface area contributed by atoms with Crippen molar-refractivity contribution in [2.45, 2.75) is 11.8 Å². The third-order valence-electron chi connectivity index (χ3n) is 4.55. The summed E-state index contributed by atoms with van der Waals surface area (Å²) in [5.41, 5.74) is 0.339. The highest BCUT2D eigenvalue weighted by Crippen LogP contribution is 2.25. The number of nitrogens with zero attached hydrogens (tertiary/aromatic N) is 1. The standard InChI is InChI=1S/C23H19ClF2N2O5S/c1-2-33-23(30)20-12-7-17(13-21(20)24)27-22(29)14-28(18-8-3-15(25)4-9-18)34(31,32)19-10-5-16(26)6-11-19/h3-13H,2,14H2,1H3,(H,27,29). The fourth-order valence-corrected chi connectivity index (χ4v) is 4.63. The zero-order valence-corrected chi connectivity index (χ0v) is 19.4. The lowest BCUT2D eigenvalue weighted by Crippen LogP contribution is -2.38. The molecule has 0 fully saturated rings. The minimum absolute atomic E-state index is 0.0246. The maximum Gasteiger partial charge on any atom is 0.339 e. The van der Waals surface area contributed by atoms with E-state index < -0.39 is 40.1 Å². The topological polar surface area (TPSA) is 92.8 Å². The minimum atomic E-state index is -4.31. The van der Waals surface area contributed by atoms with Crippen LogP contribution in [-0.4, -0.2) is 33.4 Å². The highest BCUT2D eigenvalue weighted by Gasteiger charge is 2.27. The van der Waals surface area contributed by atoms with Gasteiger partial charge in [-0.15, -0.1) is 0 Å². The molecule has 3 aromatic rings. The molecule has 1 N–H and O–H groups in total. The number of nitrogens with one attached hydrogen (secondary N) is 1. The molecular weight excluding hydrogens is 490 g/mol. The fourth-order valence-electron chi connectivity index (χ4n) is 2.95. The van der Waals surface area contributed by atoms with Gasteiger partial charge in [0.25, 0.3) is 10.0 Å². The van der Waals surface area contributed by atoms with E-state index in [0.717, 1.165) is 40.7 Å². The van der Waals surface area contributed by atoms with E-state index in [1.165, 1.54) is 30.3 Å². The zero-order chi connectivity index (χ0) is 24.9. The van der Waals surface area contributed by atoms with Crippen LogP contribution in [0.15, 0.2) is 71.6 Å². The van der Waals surface area contributed by atoms with Gasteiger partial charge in [-0.3, -0.25) is 9.10 Å². The number of esters is 1. The first-order chi connectivity index (χ1) is 16.1. The molecule has 0 aliphatic carbocycles. The Hall–Kier alpha value is -3.50. The molecule has 0 radical (unpaired) electrons. The van der Waals surface area contributed by atoms with Crippen LogP contribution in [0.1, 0.15) is 17.3 Å². The number of amides is 1. The Kier molecular flexibility index (Phi) is 7.85.